The van der Waals surface area contributed by atoms with Gasteiger partial charge in [0.25, 0.3) is 11.8 Å². The summed E-state index contributed by atoms with van der Waals surface area (Å²) in [5, 5.41) is 2.77. The molecule has 0 spiro atoms. The van der Waals surface area contributed by atoms with Crippen LogP contribution in [0.1, 0.15) is 46.2 Å². The Morgan fingerprint density at radius 2 is 2.11 bits per heavy atom. The first kappa shape index (κ1) is 19.0. The van der Waals surface area contributed by atoms with Crippen molar-refractivity contribution >= 4 is 11.8 Å². The minimum atomic E-state index is -0.296. The highest BCUT2D eigenvalue weighted by Gasteiger charge is 2.23. The molecule has 2 aromatic rings. The maximum absolute atomic E-state index is 13.6. The molecule has 1 aromatic carbocycles. The van der Waals surface area contributed by atoms with E-state index in [2.05, 4.69) is 17.2 Å². The Morgan fingerprint density at radius 1 is 1.30 bits per heavy atom. The van der Waals surface area contributed by atoms with Crippen LogP contribution in [-0.2, 0) is 6.42 Å². The van der Waals surface area contributed by atoms with Crippen molar-refractivity contribution in [1.82, 2.24) is 15.2 Å². The molecule has 3 rings (SSSR count). The minimum absolute atomic E-state index is 0.137. The van der Waals surface area contributed by atoms with Gasteiger partial charge in [-0.1, -0.05) is 25.1 Å². The highest BCUT2D eigenvalue weighted by atomic mass is 19.1. The first-order chi connectivity index (χ1) is 13.0. The van der Waals surface area contributed by atoms with E-state index in [1.54, 1.807) is 29.2 Å². The number of rotatable bonds is 5. The molecule has 2 heterocycles. The summed E-state index contributed by atoms with van der Waals surface area (Å²) in [4.78, 5) is 31.0. The lowest BCUT2D eigenvalue weighted by Crippen LogP contribution is -2.39. The molecule has 5 nitrogen and oxygen atoms in total. The number of nitrogens with one attached hydrogen (secondary N) is 1. The predicted octanol–water partition coefficient (Wildman–Crippen LogP) is 3.07. The number of hydrogen-bond donors (Lipinski definition) is 1. The Kier molecular flexibility index (Phi) is 6.16. The monoisotopic (exact) mass is 369 g/mol. The number of likely N-dealkylation sites (tertiary alicyclic amines) is 1. The van der Waals surface area contributed by atoms with Crippen molar-refractivity contribution in [3.63, 3.8) is 0 Å². The number of carbonyl (C=O) groups excluding carboxylic acids is 2. The van der Waals surface area contributed by atoms with Gasteiger partial charge in [-0.25, -0.2) is 4.39 Å². The summed E-state index contributed by atoms with van der Waals surface area (Å²) < 4.78 is 13.6. The Balaban J connectivity index is 1.60. The van der Waals surface area contributed by atoms with Gasteiger partial charge in [-0.15, -0.1) is 0 Å². The molecule has 0 radical (unpaired) electrons. The van der Waals surface area contributed by atoms with Crippen molar-refractivity contribution in [2.75, 3.05) is 19.6 Å². The number of nitrogens with zero attached hydrogens (tertiary/aromatic N) is 2. The van der Waals surface area contributed by atoms with Crippen LogP contribution >= 0.6 is 0 Å². The van der Waals surface area contributed by atoms with Gasteiger partial charge in [-0.05, 0) is 48.9 Å². The topological polar surface area (TPSA) is 62.3 Å². The van der Waals surface area contributed by atoms with E-state index in [1.807, 2.05) is 0 Å². The van der Waals surface area contributed by atoms with Crippen LogP contribution in [0, 0.1) is 11.7 Å². The molecule has 0 bridgehead atoms. The molecule has 1 N–H and O–H groups in total. The standard InChI is InChI=1S/C21H24FN3O2/c1-15-5-4-12-25(14-15)21(27)19-13-17(9-10-23-19)20(26)24-11-8-16-6-2-3-7-18(16)22/h2-3,6-7,9-10,13,15H,4-5,8,11-12,14H2,1H3,(H,24,26). The van der Waals surface area contributed by atoms with Crippen LogP contribution in [0.25, 0.3) is 0 Å². The zero-order valence-electron chi connectivity index (χ0n) is 15.5. The van der Waals surface area contributed by atoms with Gasteiger partial charge in [0.2, 0.25) is 0 Å². The maximum atomic E-state index is 13.6. The van der Waals surface area contributed by atoms with E-state index < -0.39 is 0 Å². The third-order valence-corrected chi connectivity index (χ3v) is 4.82. The van der Waals surface area contributed by atoms with Crippen LogP contribution in [0.5, 0.6) is 0 Å². The molecule has 27 heavy (non-hydrogen) atoms. The third kappa shape index (κ3) is 4.90. The Morgan fingerprint density at radius 3 is 2.89 bits per heavy atom. The number of aromatic nitrogens is 1. The second-order valence-electron chi connectivity index (χ2n) is 7.03. The average molecular weight is 369 g/mol. The van der Waals surface area contributed by atoms with Crippen LogP contribution in [0.4, 0.5) is 4.39 Å². The Labute approximate surface area is 158 Å². The van der Waals surface area contributed by atoms with E-state index in [-0.39, 0.29) is 23.3 Å². The minimum Gasteiger partial charge on any atom is -0.352 e. The van der Waals surface area contributed by atoms with Crippen LogP contribution in [-0.4, -0.2) is 41.3 Å². The van der Waals surface area contributed by atoms with Crippen molar-refractivity contribution in [2.45, 2.75) is 26.2 Å². The smallest absolute Gasteiger partial charge is 0.272 e. The molecule has 1 aliphatic heterocycles. The summed E-state index contributed by atoms with van der Waals surface area (Å²) in [5.41, 5.74) is 1.22. The molecule has 1 aromatic heterocycles. The zero-order chi connectivity index (χ0) is 19.2. The number of benzene rings is 1. The summed E-state index contributed by atoms with van der Waals surface area (Å²) in [7, 11) is 0. The fraction of sp³-hybridized carbons (Fsp3) is 0.381. The largest absolute Gasteiger partial charge is 0.352 e. The molecule has 0 saturated carbocycles. The average Bonchev–Trinajstić information content (AvgIpc) is 2.69. The number of halogens is 1. The quantitative estimate of drug-likeness (QED) is 0.881. The van der Waals surface area contributed by atoms with E-state index in [4.69, 9.17) is 0 Å². The second kappa shape index (κ2) is 8.75. The van der Waals surface area contributed by atoms with Crippen LogP contribution < -0.4 is 5.32 Å². The second-order valence-corrected chi connectivity index (χ2v) is 7.03. The van der Waals surface area contributed by atoms with Crippen molar-refractivity contribution < 1.29 is 14.0 Å². The number of carbonyl (C=O) groups is 2. The lowest BCUT2D eigenvalue weighted by atomic mass is 10.00. The SMILES string of the molecule is CC1CCCN(C(=O)c2cc(C(=O)NCCc3ccccc3F)ccn2)C1. The van der Waals surface area contributed by atoms with Gasteiger partial charge in [-0.2, -0.15) is 0 Å². The van der Waals surface area contributed by atoms with Gasteiger partial charge in [0.1, 0.15) is 11.5 Å². The van der Waals surface area contributed by atoms with Gasteiger partial charge < -0.3 is 10.2 Å². The van der Waals surface area contributed by atoms with Crippen LogP contribution in [0.2, 0.25) is 0 Å². The first-order valence-electron chi connectivity index (χ1n) is 9.31. The van der Waals surface area contributed by atoms with Gasteiger partial charge in [-0.3, -0.25) is 14.6 Å². The molecule has 2 amide bonds. The molecule has 1 unspecified atom stereocenters. The van der Waals surface area contributed by atoms with Gasteiger partial charge in [0.05, 0.1) is 0 Å². The lowest BCUT2D eigenvalue weighted by Gasteiger charge is -2.30. The van der Waals surface area contributed by atoms with E-state index in [1.165, 1.54) is 18.3 Å². The Bertz CT molecular complexity index is 825. The highest BCUT2D eigenvalue weighted by molar-refractivity contribution is 5.98. The number of piperidine rings is 1. The van der Waals surface area contributed by atoms with E-state index in [0.29, 0.717) is 30.0 Å². The van der Waals surface area contributed by atoms with E-state index in [0.717, 1.165) is 25.9 Å². The molecule has 1 atom stereocenters. The van der Waals surface area contributed by atoms with Gasteiger partial charge >= 0.3 is 0 Å². The van der Waals surface area contributed by atoms with Crippen molar-refractivity contribution in [2.24, 2.45) is 5.92 Å². The number of pyridine rings is 1. The summed E-state index contributed by atoms with van der Waals surface area (Å²) in [6.45, 7) is 3.89. The van der Waals surface area contributed by atoms with Crippen molar-refractivity contribution in [1.29, 1.82) is 0 Å². The summed E-state index contributed by atoms with van der Waals surface area (Å²) in [6.07, 6.45) is 4.00. The molecule has 0 aliphatic carbocycles. The molecule has 142 valence electrons. The molecule has 1 fully saturated rings. The highest BCUT2D eigenvalue weighted by Crippen LogP contribution is 2.17. The normalized spacial score (nSPS) is 16.8. The maximum Gasteiger partial charge on any atom is 0.272 e. The van der Waals surface area contributed by atoms with Crippen molar-refractivity contribution in [3.8, 4) is 0 Å². The van der Waals surface area contributed by atoms with E-state index in [9.17, 15) is 14.0 Å². The van der Waals surface area contributed by atoms with Gasteiger partial charge in [0.15, 0.2) is 0 Å². The fourth-order valence-electron chi connectivity index (χ4n) is 3.34. The lowest BCUT2D eigenvalue weighted by molar-refractivity contribution is 0.0677. The van der Waals surface area contributed by atoms with E-state index >= 15 is 0 Å². The van der Waals surface area contributed by atoms with Gasteiger partial charge in [0, 0.05) is 31.4 Å². The summed E-state index contributed by atoms with van der Waals surface area (Å²) >= 11 is 0. The van der Waals surface area contributed by atoms with Crippen LogP contribution in [0.3, 0.4) is 0 Å². The fourth-order valence-corrected chi connectivity index (χ4v) is 3.34. The Hall–Kier alpha value is -2.76. The molecule has 1 aliphatic rings. The molecule has 6 heteroatoms. The molecular formula is C21H24FN3O2. The number of amides is 2. The van der Waals surface area contributed by atoms with Crippen LogP contribution in [0.15, 0.2) is 42.6 Å². The number of hydrogen-bond acceptors (Lipinski definition) is 3. The third-order valence-electron chi connectivity index (χ3n) is 4.82. The summed E-state index contributed by atoms with van der Waals surface area (Å²) in [5.74, 6) is -0.232. The molecule has 1 saturated heterocycles. The predicted molar refractivity (Wildman–Crippen MR) is 101 cm³/mol. The molecular weight excluding hydrogens is 345 g/mol. The zero-order valence-corrected chi connectivity index (χ0v) is 15.5. The summed E-state index contributed by atoms with van der Waals surface area (Å²) in [6, 6.07) is 9.61. The first-order valence-corrected chi connectivity index (χ1v) is 9.31. The van der Waals surface area contributed by atoms with Crippen molar-refractivity contribution in [3.05, 3.63) is 65.2 Å².